The third-order valence-corrected chi connectivity index (χ3v) is 5.78. The van der Waals surface area contributed by atoms with E-state index in [1.807, 2.05) is 43.0 Å². The number of amides is 1. The number of likely N-dealkylation sites (tertiary alicyclic amines) is 1. The van der Waals surface area contributed by atoms with E-state index in [-0.39, 0.29) is 18.0 Å². The first-order chi connectivity index (χ1) is 13.1. The quantitative estimate of drug-likeness (QED) is 0.727. The maximum absolute atomic E-state index is 12.2. The zero-order chi connectivity index (χ0) is 19.0. The maximum atomic E-state index is 12.2. The number of ether oxygens (including phenoxy) is 1. The summed E-state index contributed by atoms with van der Waals surface area (Å²) in [7, 11) is 1.66. The van der Waals surface area contributed by atoms with Gasteiger partial charge in [0.15, 0.2) is 0 Å². The van der Waals surface area contributed by atoms with E-state index >= 15 is 0 Å². The van der Waals surface area contributed by atoms with E-state index in [0.29, 0.717) is 13.0 Å². The highest BCUT2D eigenvalue weighted by Crippen LogP contribution is 2.37. The fourth-order valence-corrected chi connectivity index (χ4v) is 4.40. The number of methoxy groups -OCH3 is 1. The Labute approximate surface area is 162 Å². The predicted octanol–water partition coefficient (Wildman–Crippen LogP) is 3.79. The van der Waals surface area contributed by atoms with Crippen LogP contribution in [0.25, 0.3) is 21.3 Å². The van der Waals surface area contributed by atoms with Crippen LogP contribution in [-0.2, 0) is 4.79 Å². The topological polar surface area (TPSA) is 67.4 Å². The molecular formula is C20H22N4O2S. The molecule has 1 aliphatic rings. The minimum atomic E-state index is 0.0571. The van der Waals surface area contributed by atoms with Gasteiger partial charge in [0, 0.05) is 30.0 Å². The molecule has 1 aliphatic heterocycles. The Balaban J connectivity index is 1.67. The highest BCUT2D eigenvalue weighted by molar-refractivity contribution is 7.17. The molecule has 1 aromatic carbocycles. The van der Waals surface area contributed by atoms with Crippen LogP contribution in [0.3, 0.4) is 0 Å². The molecule has 4 rings (SSSR count). The summed E-state index contributed by atoms with van der Waals surface area (Å²) in [5.41, 5.74) is 2.18. The lowest BCUT2D eigenvalue weighted by molar-refractivity contribution is -0.129. The summed E-state index contributed by atoms with van der Waals surface area (Å²) in [5, 5.41) is 6.59. The Morgan fingerprint density at radius 3 is 2.70 bits per heavy atom. The molecule has 0 radical (unpaired) electrons. The number of carbonyl (C=O) groups excluding carboxylic acids is 1. The number of hydrogen-bond donors (Lipinski definition) is 1. The Kier molecular flexibility index (Phi) is 4.70. The van der Waals surface area contributed by atoms with Gasteiger partial charge >= 0.3 is 0 Å². The summed E-state index contributed by atoms with van der Waals surface area (Å²) in [4.78, 5) is 24.0. The average molecular weight is 382 g/mol. The lowest BCUT2D eigenvalue weighted by Gasteiger charge is -2.21. The first kappa shape index (κ1) is 17.7. The normalized spacial score (nSPS) is 17.1. The van der Waals surface area contributed by atoms with E-state index in [1.165, 1.54) is 0 Å². The molecule has 3 heterocycles. The van der Waals surface area contributed by atoms with Crippen molar-refractivity contribution in [1.82, 2.24) is 14.9 Å². The van der Waals surface area contributed by atoms with Crippen molar-refractivity contribution < 1.29 is 9.53 Å². The largest absolute Gasteiger partial charge is 0.497 e. The summed E-state index contributed by atoms with van der Waals surface area (Å²) in [6.45, 7) is 4.79. The summed E-state index contributed by atoms with van der Waals surface area (Å²) in [6.07, 6.45) is 2.07. The summed E-state index contributed by atoms with van der Waals surface area (Å²) >= 11 is 1.60. The van der Waals surface area contributed by atoms with Gasteiger partial charge < -0.3 is 15.0 Å². The first-order valence-electron chi connectivity index (χ1n) is 8.99. The zero-order valence-electron chi connectivity index (χ0n) is 15.6. The summed E-state index contributed by atoms with van der Waals surface area (Å²) < 4.78 is 5.25. The maximum Gasteiger partial charge on any atom is 0.225 e. The van der Waals surface area contributed by atoms with E-state index < -0.39 is 0 Å². The van der Waals surface area contributed by atoms with Crippen molar-refractivity contribution in [2.75, 3.05) is 19.0 Å². The Hall–Kier alpha value is -2.67. The second kappa shape index (κ2) is 7.15. The van der Waals surface area contributed by atoms with Gasteiger partial charge in [-0.3, -0.25) is 4.79 Å². The number of hydrogen-bond acceptors (Lipinski definition) is 6. The van der Waals surface area contributed by atoms with Crippen LogP contribution in [0.5, 0.6) is 5.75 Å². The molecule has 0 aliphatic carbocycles. The van der Waals surface area contributed by atoms with Gasteiger partial charge in [-0.15, -0.1) is 11.3 Å². The molecule has 1 fully saturated rings. The number of carbonyl (C=O) groups is 1. The van der Waals surface area contributed by atoms with Gasteiger partial charge in [-0.05, 0) is 31.5 Å². The standard InChI is InChI=1S/C20H22N4O2S/c1-12(2)24-9-14(8-17(24)25)23-19-18-16(10-27-20(18)22-11-21-19)13-4-6-15(26-3)7-5-13/h4-7,10-12,14H,8-9H2,1-3H3,(H,21,22,23)/t14-/m1/s1. The molecule has 0 bridgehead atoms. The number of rotatable bonds is 5. The second-order valence-corrected chi connectivity index (χ2v) is 7.82. The Morgan fingerprint density at radius 1 is 1.26 bits per heavy atom. The van der Waals surface area contributed by atoms with Crippen LogP contribution >= 0.6 is 11.3 Å². The molecule has 0 unspecified atom stereocenters. The van der Waals surface area contributed by atoms with Crippen LogP contribution in [0, 0.1) is 0 Å². The van der Waals surface area contributed by atoms with Crippen LogP contribution in [0.1, 0.15) is 20.3 Å². The fraction of sp³-hybridized carbons (Fsp3) is 0.350. The molecule has 1 N–H and O–H groups in total. The molecule has 140 valence electrons. The molecule has 27 heavy (non-hydrogen) atoms. The molecule has 1 saturated heterocycles. The third kappa shape index (κ3) is 3.35. The van der Waals surface area contributed by atoms with Crippen LogP contribution in [0.2, 0.25) is 0 Å². The van der Waals surface area contributed by atoms with E-state index in [1.54, 1.807) is 24.8 Å². The number of nitrogens with one attached hydrogen (secondary N) is 1. The van der Waals surface area contributed by atoms with Gasteiger partial charge in [0.25, 0.3) is 0 Å². The molecule has 2 aromatic heterocycles. The molecule has 1 amide bonds. The van der Waals surface area contributed by atoms with Crippen molar-refractivity contribution in [2.24, 2.45) is 0 Å². The average Bonchev–Trinajstić information content (AvgIpc) is 3.26. The monoisotopic (exact) mass is 382 g/mol. The fourth-order valence-electron chi connectivity index (χ4n) is 3.49. The van der Waals surface area contributed by atoms with Crippen LogP contribution in [0.4, 0.5) is 5.82 Å². The Morgan fingerprint density at radius 2 is 2.04 bits per heavy atom. The zero-order valence-corrected chi connectivity index (χ0v) is 16.4. The number of aromatic nitrogens is 2. The van der Waals surface area contributed by atoms with Gasteiger partial charge in [-0.1, -0.05) is 12.1 Å². The van der Waals surface area contributed by atoms with E-state index in [4.69, 9.17) is 4.74 Å². The van der Waals surface area contributed by atoms with E-state index in [2.05, 4.69) is 20.7 Å². The summed E-state index contributed by atoms with van der Waals surface area (Å²) in [5.74, 6) is 1.80. The SMILES string of the molecule is COc1ccc(-c2csc3ncnc(N[C@@H]4CC(=O)N(C(C)C)C4)c23)cc1. The first-order valence-corrected chi connectivity index (χ1v) is 9.87. The smallest absolute Gasteiger partial charge is 0.225 e. The van der Waals surface area contributed by atoms with E-state index in [0.717, 1.165) is 32.9 Å². The third-order valence-electron chi connectivity index (χ3n) is 4.89. The predicted molar refractivity (Wildman–Crippen MR) is 108 cm³/mol. The second-order valence-electron chi connectivity index (χ2n) is 6.97. The van der Waals surface area contributed by atoms with Gasteiger partial charge in [0.2, 0.25) is 5.91 Å². The highest BCUT2D eigenvalue weighted by atomic mass is 32.1. The minimum absolute atomic E-state index is 0.0571. The lowest BCUT2D eigenvalue weighted by Crippen LogP contribution is -2.33. The van der Waals surface area contributed by atoms with Gasteiger partial charge in [-0.25, -0.2) is 9.97 Å². The number of anilines is 1. The van der Waals surface area contributed by atoms with Gasteiger partial charge in [0.1, 0.15) is 22.7 Å². The van der Waals surface area contributed by atoms with Crippen molar-refractivity contribution in [3.63, 3.8) is 0 Å². The number of nitrogens with zero attached hydrogens (tertiary/aromatic N) is 3. The van der Waals surface area contributed by atoms with Crippen molar-refractivity contribution in [3.8, 4) is 16.9 Å². The molecule has 6 nitrogen and oxygen atoms in total. The molecular weight excluding hydrogens is 360 g/mol. The molecule has 0 saturated carbocycles. The Bertz CT molecular complexity index is 968. The van der Waals surface area contributed by atoms with Crippen molar-refractivity contribution in [3.05, 3.63) is 36.0 Å². The molecule has 7 heteroatoms. The highest BCUT2D eigenvalue weighted by Gasteiger charge is 2.31. The van der Waals surface area contributed by atoms with Crippen molar-refractivity contribution in [1.29, 1.82) is 0 Å². The number of fused-ring (bicyclic) bond motifs is 1. The van der Waals surface area contributed by atoms with Gasteiger partial charge in [-0.2, -0.15) is 0 Å². The minimum Gasteiger partial charge on any atom is -0.497 e. The molecule has 1 atom stereocenters. The van der Waals surface area contributed by atoms with Crippen LogP contribution in [0.15, 0.2) is 36.0 Å². The van der Waals surface area contributed by atoms with Crippen molar-refractivity contribution >= 4 is 33.3 Å². The molecule has 0 spiro atoms. The van der Waals surface area contributed by atoms with Crippen LogP contribution in [-0.4, -0.2) is 46.5 Å². The summed E-state index contributed by atoms with van der Waals surface area (Å²) in [6, 6.07) is 8.25. The van der Waals surface area contributed by atoms with Crippen molar-refractivity contribution in [2.45, 2.75) is 32.4 Å². The van der Waals surface area contributed by atoms with Crippen LogP contribution < -0.4 is 10.1 Å². The number of benzene rings is 1. The number of thiophene rings is 1. The van der Waals surface area contributed by atoms with E-state index in [9.17, 15) is 4.79 Å². The molecule has 3 aromatic rings. The lowest BCUT2D eigenvalue weighted by atomic mass is 10.1. The van der Waals surface area contributed by atoms with Gasteiger partial charge in [0.05, 0.1) is 18.5 Å².